The van der Waals surface area contributed by atoms with Gasteiger partial charge in [-0.2, -0.15) is 0 Å². The van der Waals surface area contributed by atoms with Crippen molar-refractivity contribution in [2.24, 2.45) is 0 Å². The Hall–Kier alpha value is -2.56. The topological polar surface area (TPSA) is 64.7 Å². The fourth-order valence-electron chi connectivity index (χ4n) is 1.97. The molecule has 4 aromatic rings. The maximum absolute atomic E-state index is 5.67. The molecule has 3 aromatic heterocycles. The molecule has 0 fully saturated rings. The van der Waals surface area contributed by atoms with Crippen molar-refractivity contribution in [3.8, 4) is 0 Å². The first kappa shape index (κ1) is 8.58. The molecule has 0 aliphatic carbocycles. The molecule has 3 heterocycles. The molecule has 0 aliphatic rings. The second-order valence-corrected chi connectivity index (χ2v) is 3.73. The molecule has 0 bridgehead atoms. The van der Waals surface area contributed by atoms with Crippen molar-refractivity contribution in [2.45, 2.75) is 0 Å². The summed E-state index contributed by atoms with van der Waals surface area (Å²) in [6.45, 7) is 0. The number of nitrogens with zero attached hydrogens (tertiary/aromatic N) is 4. The third kappa shape index (κ3) is 1.13. The van der Waals surface area contributed by atoms with Crippen molar-refractivity contribution in [3.63, 3.8) is 0 Å². The van der Waals surface area contributed by atoms with Gasteiger partial charge in [-0.1, -0.05) is 0 Å². The summed E-state index contributed by atoms with van der Waals surface area (Å²) < 4.78 is 5.67. The van der Waals surface area contributed by atoms with E-state index in [-0.39, 0.29) is 0 Å². The van der Waals surface area contributed by atoms with Gasteiger partial charge in [0.05, 0.1) is 17.2 Å². The minimum absolute atomic E-state index is 0.679. The van der Waals surface area contributed by atoms with Gasteiger partial charge in [0.1, 0.15) is 17.4 Å². The lowest BCUT2D eigenvalue weighted by Gasteiger charge is -1.94. The Bertz CT molecular complexity index is 847. The van der Waals surface area contributed by atoms with Crippen LogP contribution in [0.5, 0.6) is 0 Å². The van der Waals surface area contributed by atoms with Crippen LogP contribution >= 0.6 is 0 Å². The smallest absolute Gasteiger partial charge is 0.172 e. The van der Waals surface area contributed by atoms with E-state index in [0.717, 1.165) is 27.5 Å². The monoisotopic (exact) mass is 222 g/mol. The molecule has 0 atom stereocenters. The Morgan fingerprint density at radius 2 is 1.71 bits per heavy atom. The SMILES string of the molecule is c1cnc2cc3c(cc2n1)oc1cncnc13. The van der Waals surface area contributed by atoms with Crippen molar-refractivity contribution < 1.29 is 4.42 Å². The van der Waals surface area contributed by atoms with E-state index in [0.29, 0.717) is 5.58 Å². The lowest BCUT2D eigenvalue weighted by Crippen LogP contribution is -1.81. The molecule has 0 N–H and O–H groups in total. The maximum atomic E-state index is 5.67. The molecular weight excluding hydrogens is 216 g/mol. The van der Waals surface area contributed by atoms with E-state index in [4.69, 9.17) is 4.42 Å². The van der Waals surface area contributed by atoms with E-state index in [1.165, 1.54) is 6.33 Å². The zero-order chi connectivity index (χ0) is 11.2. The van der Waals surface area contributed by atoms with Gasteiger partial charge in [0.2, 0.25) is 0 Å². The maximum Gasteiger partial charge on any atom is 0.172 e. The average molecular weight is 222 g/mol. The summed E-state index contributed by atoms with van der Waals surface area (Å²) in [5, 5.41) is 0.940. The highest BCUT2D eigenvalue weighted by atomic mass is 16.3. The van der Waals surface area contributed by atoms with Gasteiger partial charge in [0, 0.05) is 23.8 Å². The van der Waals surface area contributed by atoms with Gasteiger partial charge in [0.15, 0.2) is 5.58 Å². The largest absolute Gasteiger partial charge is 0.453 e. The van der Waals surface area contributed by atoms with Crippen LogP contribution in [0.1, 0.15) is 0 Å². The Morgan fingerprint density at radius 3 is 2.59 bits per heavy atom. The molecule has 0 aliphatic heterocycles. The standard InChI is InChI=1S/C12H6N4O/c1-2-15-9-4-10-7(3-8(9)14-1)12-11(17-10)5-13-6-16-12/h1-6H. The summed E-state index contributed by atoms with van der Waals surface area (Å²) in [6.07, 6.45) is 6.51. The highest BCUT2D eigenvalue weighted by Gasteiger charge is 2.09. The van der Waals surface area contributed by atoms with Gasteiger partial charge in [-0.3, -0.25) is 9.97 Å². The molecule has 5 heteroatoms. The van der Waals surface area contributed by atoms with E-state index >= 15 is 0 Å². The second-order valence-electron chi connectivity index (χ2n) is 3.73. The van der Waals surface area contributed by atoms with Crippen LogP contribution < -0.4 is 0 Å². The Morgan fingerprint density at radius 1 is 0.882 bits per heavy atom. The molecule has 0 saturated heterocycles. The number of furan rings is 1. The number of benzene rings is 1. The van der Waals surface area contributed by atoms with Crippen LogP contribution in [0.3, 0.4) is 0 Å². The molecule has 5 nitrogen and oxygen atoms in total. The van der Waals surface area contributed by atoms with Crippen LogP contribution in [0, 0.1) is 0 Å². The normalized spacial score (nSPS) is 11.5. The van der Waals surface area contributed by atoms with Gasteiger partial charge in [-0.25, -0.2) is 9.97 Å². The average Bonchev–Trinajstić information content (AvgIpc) is 2.73. The van der Waals surface area contributed by atoms with Crippen molar-refractivity contribution in [1.82, 2.24) is 19.9 Å². The van der Waals surface area contributed by atoms with E-state index in [9.17, 15) is 0 Å². The van der Waals surface area contributed by atoms with Crippen LogP contribution in [-0.2, 0) is 0 Å². The minimum atomic E-state index is 0.679. The lowest BCUT2D eigenvalue weighted by atomic mass is 10.2. The number of aromatic nitrogens is 4. The third-order valence-electron chi connectivity index (χ3n) is 2.72. The predicted molar refractivity (Wildman–Crippen MR) is 62.4 cm³/mol. The van der Waals surface area contributed by atoms with E-state index in [2.05, 4.69) is 19.9 Å². The van der Waals surface area contributed by atoms with Crippen LogP contribution in [0.4, 0.5) is 0 Å². The van der Waals surface area contributed by atoms with Gasteiger partial charge >= 0.3 is 0 Å². The van der Waals surface area contributed by atoms with E-state index < -0.39 is 0 Å². The number of fused-ring (bicyclic) bond motifs is 4. The molecule has 0 saturated carbocycles. The predicted octanol–water partition coefficient (Wildman–Crippen LogP) is 2.32. The summed E-state index contributed by atoms with van der Waals surface area (Å²) in [4.78, 5) is 16.7. The molecule has 0 amide bonds. The Balaban J connectivity index is 2.28. The second kappa shape index (κ2) is 2.98. The molecule has 0 radical (unpaired) electrons. The van der Waals surface area contributed by atoms with Crippen molar-refractivity contribution in [2.75, 3.05) is 0 Å². The molecule has 0 spiro atoms. The van der Waals surface area contributed by atoms with E-state index in [1.54, 1.807) is 18.6 Å². The van der Waals surface area contributed by atoms with Crippen LogP contribution in [0.2, 0.25) is 0 Å². The van der Waals surface area contributed by atoms with Gasteiger partial charge in [-0.05, 0) is 6.07 Å². The highest BCUT2D eigenvalue weighted by Crippen LogP contribution is 2.28. The van der Waals surface area contributed by atoms with Crippen molar-refractivity contribution in [3.05, 3.63) is 37.1 Å². The van der Waals surface area contributed by atoms with E-state index in [1.807, 2.05) is 12.1 Å². The molecule has 0 unspecified atom stereocenters. The summed E-state index contributed by atoms with van der Waals surface area (Å²) in [7, 11) is 0. The number of rotatable bonds is 0. The molecule has 80 valence electrons. The van der Waals surface area contributed by atoms with Crippen LogP contribution in [0.15, 0.2) is 41.5 Å². The minimum Gasteiger partial charge on any atom is -0.453 e. The number of hydrogen-bond donors (Lipinski definition) is 0. The molecule has 17 heavy (non-hydrogen) atoms. The summed E-state index contributed by atoms with van der Waals surface area (Å²) in [5.74, 6) is 0. The Kier molecular flexibility index (Phi) is 1.50. The summed E-state index contributed by atoms with van der Waals surface area (Å²) >= 11 is 0. The number of hydrogen-bond acceptors (Lipinski definition) is 5. The highest BCUT2D eigenvalue weighted by molar-refractivity contribution is 6.06. The first-order valence-corrected chi connectivity index (χ1v) is 5.15. The summed E-state index contributed by atoms with van der Waals surface area (Å²) in [6, 6.07) is 3.82. The first-order valence-electron chi connectivity index (χ1n) is 5.15. The van der Waals surface area contributed by atoms with Gasteiger partial charge in [-0.15, -0.1) is 0 Å². The lowest BCUT2D eigenvalue weighted by molar-refractivity contribution is 0.666. The third-order valence-corrected chi connectivity index (χ3v) is 2.72. The quantitative estimate of drug-likeness (QED) is 0.456. The first-order chi connectivity index (χ1) is 8.42. The van der Waals surface area contributed by atoms with Crippen LogP contribution in [0.25, 0.3) is 33.1 Å². The van der Waals surface area contributed by atoms with Crippen molar-refractivity contribution >= 4 is 33.1 Å². The van der Waals surface area contributed by atoms with Crippen molar-refractivity contribution in [1.29, 1.82) is 0 Å². The van der Waals surface area contributed by atoms with Gasteiger partial charge < -0.3 is 4.42 Å². The van der Waals surface area contributed by atoms with Crippen LogP contribution in [-0.4, -0.2) is 19.9 Å². The summed E-state index contributed by atoms with van der Waals surface area (Å²) in [5.41, 5.74) is 3.89. The molecular formula is C12H6N4O. The Labute approximate surface area is 95.1 Å². The fraction of sp³-hybridized carbons (Fsp3) is 0. The zero-order valence-electron chi connectivity index (χ0n) is 8.66. The molecule has 1 aromatic carbocycles. The zero-order valence-corrected chi connectivity index (χ0v) is 8.66. The molecule has 4 rings (SSSR count). The fourth-order valence-corrected chi connectivity index (χ4v) is 1.97. The van der Waals surface area contributed by atoms with Gasteiger partial charge in [0.25, 0.3) is 0 Å².